The SMILES string of the molecule is O=[N+]([O-])c1cccc([C@@H]2CC(c3nc4cc(Br)c(Br)cc4[nH]3)=NN2)c1. The van der Waals surface area contributed by atoms with Gasteiger partial charge in [-0.25, -0.2) is 4.98 Å². The highest BCUT2D eigenvalue weighted by atomic mass is 79.9. The largest absolute Gasteiger partial charge is 0.337 e. The fourth-order valence-electron chi connectivity index (χ4n) is 2.78. The Labute approximate surface area is 158 Å². The maximum absolute atomic E-state index is 10.9. The number of hydrogen-bond acceptors (Lipinski definition) is 5. The Balaban J connectivity index is 1.60. The number of benzene rings is 2. The van der Waals surface area contributed by atoms with E-state index in [0.29, 0.717) is 12.2 Å². The number of aromatic nitrogens is 2. The van der Waals surface area contributed by atoms with Gasteiger partial charge in [0.05, 0.1) is 22.0 Å². The number of halogens is 2. The van der Waals surface area contributed by atoms with Gasteiger partial charge >= 0.3 is 0 Å². The summed E-state index contributed by atoms with van der Waals surface area (Å²) in [6, 6.07) is 10.4. The lowest BCUT2D eigenvalue weighted by molar-refractivity contribution is -0.384. The van der Waals surface area contributed by atoms with Crippen molar-refractivity contribution in [3.05, 3.63) is 66.8 Å². The van der Waals surface area contributed by atoms with Crippen molar-refractivity contribution in [3.8, 4) is 0 Å². The van der Waals surface area contributed by atoms with Crippen LogP contribution in [0.25, 0.3) is 11.0 Å². The molecule has 4 rings (SSSR count). The second kappa shape index (κ2) is 6.23. The minimum atomic E-state index is -0.394. The lowest BCUT2D eigenvalue weighted by Crippen LogP contribution is -2.10. The van der Waals surface area contributed by atoms with Crippen molar-refractivity contribution in [1.29, 1.82) is 0 Å². The first-order valence-electron chi connectivity index (χ1n) is 7.43. The normalized spacial score (nSPS) is 16.7. The average Bonchev–Trinajstić information content (AvgIpc) is 3.22. The highest BCUT2D eigenvalue weighted by Crippen LogP contribution is 2.30. The van der Waals surface area contributed by atoms with Gasteiger partial charge in [0.1, 0.15) is 5.71 Å². The maximum Gasteiger partial charge on any atom is 0.269 e. The third-order valence-corrected chi connectivity index (χ3v) is 5.88. The molecule has 0 radical (unpaired) electrons. The van der Waals surface area contributed by atoms with E-state index in [9.17, 15) is 10.1 Å². The van der Waals surface area contributed by atoms with Gasteiger partial charge in [0, 0.05) is 27.5 Å². The van der Waals surface area contributed by atoms with Crippen molar-refractivity contribution >= 4 is 54.3 Å². The van der Waals surface area contributed by atoms with Gasteiger partial charge in [0.15, 0.2) is 5.82 Å². The topological polar surface area (TPSA) is 96.2 Å². The number of hydrogen-bond donors (Lipinski definition) is 2. The summed E-state index contributed by atoms with van der Waals surface area (Å²) in [6.07, 6.45) is 0.601. The van der Waals surface area contributed by atoms with E-state index >= 15 is 0 Å². The molecule has 1 aliphatic rings. The van der Waals surface area contributed by atoms with Crippen LogP contribution in [0, 0.1) is 10.1 Å². The predicted octanol–water partition coefficient (Wildman–Crippen LogP) is 4.43. The number of H-pyrrole nitrogens is 1. The number of aromatic amines is 1. The molecule has 1 aromatic heterocycles. The molecule has 0 fully saturated rings. The van der Waals surface area contributed by atoms with E-state index in [0.717, 1.165) is 31.3 Å². The third kappa shape index (κ3) is 3.05. The number of nitro benzene ring substituents is 1. The summed E-state index contributed by atoms with van der Waals surface area (Å²) in [5, 5.41) is 15.3. The molecule has 0 saturated carbocycles. The van der Waals surface area contributed by atoms with Crippen molar-refractivity contribution in [2.24, 2.45) is 5.10 Å². The van der Waals surface area contributed by atoms with Crippen molar-refractivity contribution in [1.82, 2.24) is 15.4 Å². The highest BCUT2D eigenvalue weighted by Gasteiger charge is 2.24. The van der Waals surface area contributed by atoms with Crippen molar-refractivity contribution < 1.29 is 4.92 Å². The molecule has 0 saturated heterocycles. The first-order chi connectivity index (χ1) is 12.0. The summed E-state index contributed by atoms with van der Waals surface area (Å²) in [5.74, 6) is 0.695. The summed E-state index contributed by atoms with van der Waals surface area (Å²) in [7, 11) is 0. The summed E-state index contributed by atoms with van der Waals surface area (Å²) >= 11 is 6.94. The summed E-state index contributed by atoms with van der Waals surface area (Å²) in [5.41, 5.74) is 6.48. The molecule has 0 spiro atoms. The Kier molecular flexibility index (Phi) is 4.04. The van der Waals surface area contributed by atoms with Gasteiger partial charge in [-0.15, -0.1) is 0 Å². The Hall–Kier alpha value is -2.26. The van der Waals surface area contributed by atoms with Crippen LogP contribution in [0.3, 0.4) is 0 Å². The van der Waals surface area contributed by atoms with Crippen LogP contribution in [-0.4, -0.2) is 20.6 Å². The maximum atomic E-state index is 10.9. The molecule has 9 heteroatoms. The molecular formula is C16H11Br2N5O2. The Bertz CT molecular complexity index is 992. The summed E-state index contributed by atoms with van der Waals surface area (Å²) < 4.78 is 1.87. The molecule has 0 bridgehead atoms. The number of nitrogens with zero attached hydrogens (tertiary/aromatic N) is 3. The molecule has 7 nitrogen and oxygen atoms in total. The molecule has 3 aromatic rings. The fourth-order valence-corrected chi connectivity index (χ4v) is 3.45. The lowest BCUT2D eigenvalue weighted by Gasteiger charge is -2.09. The zero-order chi connectivity index (χ0) is 17.6. The van der Waals surface area contributed by atoms with E-state index in [1.807, 2.05) is 18.2 Å². The predicted molar refractivity (Wildman–Crippen MR) is 102 cm³/mol. The molecular weight excluding hydrogens is 454 g/mol. The van der Waals surface area contributed by atoms with Crippen LogP contribution in [0.4, 0.5) is 5.69 Å². The van der Waals surface area contributed by atoms with E-state index in [1.54, 1.807) is 12.1 Å². The molecule has 1 atom stereocenters. The van der Waals surface area contributed by atoms with Gasteiger partial charge in [-0.05, 0) is 49.6 Å². The van der Waals surface area contributed by atoms with E-state index in [4.69, 9.17) is 0 Å². The number of fused-ring (bicyclic) bond motifs is 1. The number of non-ortho nitro benzene ring substituents is 1. The van der Waals surface area contributed by atoms with Crippen LogP contribution < -0.4 is 5.43 Å². The van der Waals surface area contributed by atoms with Crippen LogP contribution >= 0.6 is 31.9 Å². The molecule has 1 aliphatic heterocycles. The van der Waals surface area contributed by atoms with E-state index in [-0.39, 0.29) is 11.7 Å². The molecule has 0 aliphatic carbocycles. The molecule has 126 valence electrons. The molecule has 2 aromatic carbocycles. The van der Waals surface area contributed by atoms with Crippen LogP contribution in [0.15, 0.2) is 50.4 Å². The first-order valence-corrected chi connectivity index (χ1v) is 9.01. The monoisotopic (exact) mass is 463 g/mol. The average molecular weight is 465 g/mol. The minimum Gasteiger partial charge on any atom is -0.337 e. The second-order valence-corrected chi connectivity index (χ2v) is 7.37. The van der Waals surface area contributed by atoms with Crippen LogP contribution in [-0.2, 0) is 0 Å². The van der Waals surface area contributed by atoms with Crippen LogP contribution in [0.1, 0.15) is 23.9 Å². The Morgan fingerprint density at radius 2 is 2.00 bits per heavy atom. The van der Waals surface area contributed by atoms with Gasteiger partial charge in [-0.2, -0.15) is 5.10 Å². The molecule has 25 heavy (non-hydrogen) atoms. The Morgan fingerprint density at radius 3 is 2.80 bits per heavy atom. The minimum absolute atomic E-state index is 0.0752. The summed E-state index contributed by atoms with van der Waals surface area (Å²) in [6.45, 7) is 0. The summed E-state index contributed by atoms with van der Waals surface area (Å²) in [4.78, 5) is 18.4. The molecule has 2 heterocycles. The lowest BCUT2D eigenvalue weighted by atomic mass is 10.0. The van der Waals surface area contributed by atoms with Gasteiger partial charge in [-0.3, -0.25) is 10.1 Å². The zero-order valence-electron chi connectivity index (χ0n) is 12.7. The Morgan fingerprint density at radius 1 is 1.20 bits per heavy atom. The van der Waals surface area contributed by atoms with Crippen molar-refractivity contribution in [2.45, 2.75) is 12.5 Å². The third-order valence-electron chi connectivity index (χ3n) is 4.03. The quantitative estimate of drug-likeness (QED) is 0.442. The number of nitrogens with one attached hydrogen (secondary N) is 2. The van der Waals surface area contributed by atoms with E-state index in [2.05, 4.69) is 52.4 Å². The smallest absolute Gasteiger partial charge is 0.269 e. The van der Waals surface area contributed by atoms with Crippen molar-refractivity contribution in [3.63, 3.8) is 0 Å². The zero-order valence-corrected chi connectivity index (χ0v) is 15.8. The molecule has 2 N–H and O–H groups in total. The first kappa shape index (κ1) is 16.2. The molecule has 0 amide bonds. The van der Waals surface area contributed by atoms with Crippen molar-refractivity contribution in [2.75, 3.05) is 0 Å². The van der Waals surface area contributed by atoms with Gasteiger partial charge in [0.25, 0.3) is 5.69 Å². The van der Waals surface area contributed by atoms with E-state index < -0.39 is 4.92 Å². The second-order valence-electron chi connectivity index (χ2n) is 5.67. The van der Waals surface area contributed by atoms with Crippen LogP contribution in [0.5, 0.6) is 0 Å². The van der Waals surface area contributed by atoms with Gasteiger partial charge < -0.3 is 10.4 Å². The fraction of sp³-hybridized carbons (Fsp3) is 0.125. The highest BCUT2D eigenvalue weighted by molar-refractivity contribution is 9.13. The van der Waals surface area contributed by atoms with Gasteiger partial charge in [-0.1, -0.05) is 12.1 Å². The molecule has 0 unspecified atom stereocenters. The number of rotatable bonds is 3. The van der Waals surface area contributed by atoms with E-state index in [1.165, 1.54) is 6.07 Å². The van der Waals surface area contributed by atoms with Gasteiger partial charge in [0.2, 0.25) is 0 Å². The number of imidazole rings is 1. The standard InChI is InChI=1S/C16H11Br2N5O2/c17-10-5-13-14(6-11(10)18)20-16(19-13)15-7-12(21-22-15)8-2-1-3-9(4-8)23(24)25/h1-6,12,21H,7H2,(H,19,20)/t12-/m0/s1. The van der Waals surface area contributed by atoms with Crippen LogP contribution in [0.2, 0.25) is 0 Å². The number of nitro groups is 1. The number of hydrazone groups is 1.